The molecule has 0 bridgehead atoms. The first-order valence-corrected chi connectivity index (χ1v) is 12.9. The van der Waals surface area contributed by atoms with Crippen LogP contribution in [0, 0.1) is 5.92 Å². The third kappa shape index (κ3) is 5.48. The second-order valence-electron chi connectivity index (χ2n) is 8.90. The maximum atomic E-state index is 13.4. The molecule has 1 saturated carbocycles. The van der Waals surface area contributed by atoms with E-state index in [0.717, 1.165) is 23.9 Å². The van der Waals surface area contributed by atoms with Gasteiger partial charge in [-0.2, -0.15) is 4.72 Å². The fourth-order valence-electron chi connectivity index (χ4n) is 4.41. The van der Waals surface area contributed by atoms with E-state index in [9.17, 15) is 18.2 Å². The van der Waals surface area contributed by atoms with Crippen molar-refractivity contribution in [1.29, 1.82) is 0 Å². The van der Waals surface area contributed by atoms with Gasteiger partial charge in [0.15, 0.2) is 0 Å². The number of fused-ring (bicyclic) bond motifs is 1. The van der Waals surface area contributed by atoms with Crippen LogP contribution in [0.4, 0.5) is 0 Å². The first-order valence-electron chi connectivity index (χ1n) is 11.4. The van der Waals surface area contributed by atoms with E-state index in [4.69, 9.17) is 0 Å². The lowest BCUT2D eigenvalue weighted by Gasteiger charge is -2.30. The SMILES string of the molecule is Cn1ccc2c(S(=O)(=O)N[C@@H](Cc3ccccc3)C(=O)N[C@H](BO)CC3CCC3)cccc21. The number of carbonyl (C=O) groups is 1. The van der Waals surface area contributed by atoms with Gasteiger partial charge in [0.25, 0.3) is 7.48 Å². The van der Waals surface area contributed by atoms with Crippen molar-refractivity contribution in [2.24, 2.45) is 13.0 Å². The zero-order chi connectivity index (χ0) is 23.4. The Kier molecular flexibility index (Phi) is 7.21. The van der Waals surface area contributed by atoms with Crippen LogP contribution in [-0.2, 0) is 28.3 Å². The standard InChI is InChI=1S/C24H30BN3O4S/c1-28-14-13-19-21(28)11-6-12-22(19)33(31,32)27-20(15-17-7-3-2-4-8-17)24(29)26-23(25-30)16-18-9-5-10-18/h2-4,6-8,11-14,18,20,23,25,27,30H,5,9-10,15-16H2,1H3,(H,26,29)/t20-,23-/m0/s1. The van der Waals surface area contributed by atoms with Crippen molar-refractivity contribution in [1.82, 2.24) is 14.6 Å². The van der Waals surface area contributed by atoms with Gasteiger partial charge in [0.1, 0.15) is 6.04 Å². The van der Waals surface area contributed by atoms with Gasteiger partial charge < -0.3 is 14.9 Å². The Morgan fingerprint density at radius 3 is 2.58 bits per heavy atom. The van der Waals surface area contributed by atoms with Crippen molar-refractivity contribution in [3.63, 3.8) is 0 Å². The lowest BCUT2D eigenvalue weighted by molar-refractivity contribution is -0.123. The number of aromatic nitrogens is 1. The molecule has 2 aromatic carbocycles. The number of sulfonamides is 1. The number of nitrogens with one attached hydrogen (secondary N) is 2. The van der Waals surface area contributed by atoms with Crippen LogP contribution in [-0.4, -0.2) is 43.4 Å². The number of amides is 1. The minimum atomic E-state index is -3.98. The average Bonchev–Trinajstić information content (AvgIpc) is 3.16. The number of aryl methyl sites for hydroxylation is 1. The second kappa shape index (κ2) is 10.1. The highest BCUT2D eigenvalue weighted by Crippen LogP contribution is 2.30. The van der Waals surface area contributed by atoms with E-state index in [2.05, 4.69) is 10.0 Å². The Balaban J connectivity index is 1.58. The maximum absolute atomic E-state index is 13.4. The zero-order valence-corrected chi connectivity index (χ0v) is 19.6. The van der Waals surface area contributed by atoms with Crippen LogP contribution in [0.5, 0.6) is 0 Å². The predicted octanol–water partition coefficient (Wildman–Crippen LogP) is 2.04. The summed E-state index contributed by atoms with van der Waals surface area (Å²) in [5.41, 5.74) is 1.64. The molecule has 1 heterocycles. The summed E-state index contributed by atoms with van der Waals surface area (Å²) < 4.78 is 31.3. The third-order valence-electron chi connectivity index (χ3n) is 6.48. The summed E-state index contributed by atoms with van der Waals surface area (Å²) in [6.45, 7) is 0. The second-order valence-corrected chi connectivity index (χ2v) is 10.6. The van der Waals surface area contributed by atoms with Gasteiger partial charge in [-0.25, -0.2) is 8.42 Å². The van der Waals surface area contributed by atoms with Gasteiger partial charge in [0, 0.05) is 30.1 Å². The largest absolute Gasteiger partial charge is 0.452 e. The Bertz CT molecular complexity index is 1210. The minimum Gasteiger partial charge on any atom is -0.452 e. The number of nitrogens with zero attached hydrogens (tertiary/aromatic N) is 1. The van der Waals surface area contributed by atoms with Gasteiger partial charge in [0.05, 0.1) is 4.90 Å². The number of hydrogen-bond acceptors (Lipinski definition) is 4. The first-order chi connectivity index (χ1) is 15.9. The summed E-state index contributed by atoms with van der Waals surface area (Å²) in [5, 5.41) is 13.3. The fourth-order valence-corrected chi connectivity index (χ4v) is 5.82. The normalized spacial score (nSPS) is 16.2. The molecule has 0 aliphatic heterocycles. The van der Waals surface area contributed by atoms with E-state index in [1.54, 1.807) is 18.2 Å². The van der Waals surface area contributed by atoms with E-state index in [0.29, 0.717) is 17.7 Å². The van der Waals surface area contributed by atoms with Crippen molar-refractivity contribution >= 4 is 34.3 Å². The van der Waals surface area contributed by atoms with E-state index in [1.165, 1.54) is 6.42 Å². The van der Waals surface area contributed by atoms with Crippen molar-refractivity contribution in [3.8, 4) is 0 Å². The topological polar surface area (TPSA) is 100 Å². The lowest BCUT2D eigenvalue weighted by Crippen LogP contribution is -2.52. The maximum Gasteiger partial charge on any atom is 0.293 e. The van der Waals surface area contributed by atoms with E-state index >= 15 is 0 Å². The van der Waals surface area contributed by atoms with Crippen molar-refractivity contribution < 1.29 is 18.2 Å². The molecule has 33 heavy (non-hydrogen) atoms. The molecule has 9 heteroatoms. The molecule has 7 nitrogen and oxygen atoms in total. The summed E-state index contributed by atoms with van der Waals surface area (Å²) >= 11 is 0. The van der Waals surface area contributed by atoms with Gasteiger partial charge >= 0.3 is 0 Å². The molecule has 4 rings (SSSR count). The molecule has 2 atom stereocenters. The van der Waals surface area contributed by atoms with Crippen molar-refractivity contribution in [3.05, 3.63) is 66.4 Å². The Hall–Kier alpha value is -2.62. The lowest BCUT2D eigenvalue weighted by atomic mass is 9.73. The highest BCUT2D eigenvalue weighted by Gasteiger charge is 2.30. The van der Waals surface area contributed by atoms with Crippen LogP contribution in [0.1, 0.15) is 31.2 Å². The monoisotopic (exact) mass is 467 g/mol. The molecule has 1 aliphatic carbocycles. The molecule has 3 aromatic rings. The predicted molar refractivity (Wildman–Crippen MR) is 130 cm³/mol. The summed E-state index contributed by atoms with van der Waals surface area (Å²) in [6, 6.07) is 15.2. The highest BCUT2D eigenvalue weighted by molar-refractivity contribution is 7.89. The number of hydrogen-bond donors (Lipinski definition) is 3. The molecule has 3 N–H and O–H groups in total. The minimum absolute atomic E-state index is 0.139. The summed E-state index contributed by atoms with van der Waals surface area (Å²) in [6.07, 6.45) is 6.11. The Morgan fingerprint density at radius 2 is 1.91 bits per heavy atom. The van der Waals surface area contributed by atoms with E-state index < -0.39 is 22.0 Å². The van der Waals surface area contributed by atoms with Gasteiger partial charge in [0.2, 0.25) is 15.9 Å². The molecule has 1 aromatic heterocycles. The van der Waals surface area contributed by atoms with Crippen LogP contribution in [0.3, 0.4) is 0 Å². The van der Waals surface area contributed by atoms with Crippen molar-refractivity contribution in [2.45, 2.75) is 49.0 Å². The average molecular weight is 467 g/mol. The van der Waals surface area contributed by atoms with Gasteiger partial charge in [-0.15, -0.1) is 0 Å². The molecular formula is C24H30BN3O4S. The molecule has 174 valence electrons. The zero-order valence-electron chi connectivity index (χ0n) is 18.8. The summed E-state index contributed by atoms with van der Waals surface area (Å²) in [7, 11) is -2.30. The van der Waals surface area contributed by atoms with Crippen LogP contribution < -0.4 is 10.0 Å². The molecule has 1 aliphatic rings. The fraction of sp³-hybridized carbons (Fsp3) is 0.375. The van der Waals surface area contributed by atoms with Crippen LogP contribution in [0.25, 0.3) is 10.9 Å². The quantitative estimate of drug-likeness (QED) is 0.398. The third-order valence-corrected chi connectivity index (χ3v) is 8.01. The Morgan fingerprint density at radius 1 is 1.15 bits per heavy atom. The summed E-state index contributed by atoms with van der Waals surface area (Å²) in [4.78, 5) is 13.4. The van der Waals surface area contributed by atoms with Gasteiger partial charge in [-0.1, -0.05) is 55.7 Å². The first kappa shape index (κ1) is 23.5. The van der Waals surface area contributed by atoms with Crippen LogP contribution >= 0.6 is 0 Å². The molecule has 0 spiro atoms. The Labute approximate surface area is 195 Å². The highest BCUT2D eigenvalue weighted by atomic mass is 32.2. The molecule has 1 fully saturated rings. The van der Waals surface area contributed by atoms with E-state index in [-0.39, 0.29) is 24.7 Å². The van der Waals surface area contributed by atoms with Crippen LogP contribution in [0.2, 0.25) is 0 Å². The summed E-state index contributed by atoms with van der Waals surface area (Å²) in [5.74, 6) is -0.313. The molecule has 0 unspecified atom stereocenters. The smallest absolute Gasteiger partial charge is 0.293 e. The van der Waals surface area contributed by atoms with Crippen molar-refractivity contribution in [2.75, 3.05) is 0 Å². The van der Waals surface area contributed by atoms with Gasteiger partial charge in [-0.05, 0) is 42.5 Å². The number of benzene rings is 2. The number of carbonyl (C=O) groups excluding carboxylic acids is 1. The molecule has 0 saturated heterocycles. The van der Waals surface area contributed by atoms with Gasteiger partial charge in [-0.3, -0.25) is 4.79 Å². The van der Waals surface area contributed by atoms with Crippen LogP contribution in [0.15, 0.2) is 65.7 Å². The molecule has 1 amide bonds. The molecular weight excluding hydrogens is 437 g/mol. The number of rotatable bonds is 10. The molecule has 0 radical (unpaired) electrons. The van der Waals surface area contributed by atoms with E-state index in [1.807, 2.05) is 54.2 Å².